The summed E-state index contributed by atoms with van der Waals surface area (Å²) in [4.78, 5) is 18.7. The predicted octanol–water partition coefficient (Wildman–Crippen LogP) is 1.68. The van der Waals surface area contributed by atoms with Gasteiger partial charge in [0.1, 0.15) is 0 Å². The van der Waals surface area contributed by atoms with Gasteiger partial charge in [0.2, 0.25) is 5.91 Å². The second-order valence-corrected chi connectivity index (χ2v) is 8.32. The van der Waals surface area contributed by atoms with Crippen molar-refractivity contribution in [2.75, 3.05) is 53.0 Å². The quantitative estimate of drug-likeness (QED) is 0.206. The van der Waals surface area contributed by atoms with Gasteiger partial charge in [-0.05, 0) is 12.3 Å². The number of carbonyl (C=O) groups excluding carboxylic acids is 1. The van der Waals surface area contributed by atoms with Gasteiger partial charge in [-0.25, -0.2) is 0 Å². The molecule has 0 saturated carbocycles. The molecule has 1 atom stereocenters. The summed E-state index contributed by atoms with van der Waals surface area (Å²) >= 11 is 0. The molecule has 1 aliphatic heterocycles. The molecule has 7 nitrogen and oxygen atoms in total. The maximum Gasteiger partial charge on any atom is 0.225 e. The summed E-state index contributed by atoms with van der Waals surface area (Å²) in [5.74, 6) is 1.48. The van der Waals surface area contributed by atoms with E-state index in [1.54, 1.807) is 7.05 Å². The molecule has 0 bridgehead atoms. The third-order valence-electron chi connectivity index (χ3n) is 4.42. The number of nitrogens with one attached hydrogen (secondary N) is 3. The van der Waals surface area contributed by atoms with Crippen molar-refractivity contribution in [3.63, 3.8) is 0 Å². The van der Waals surface area contributed by atoms with E-state index in [0.717, 1.165) is 45.2 Å². The molecule has 1 heterocycles. The number of hydrogen-bond acceptors (Lipinski definition) is 4. The van der Waals surface area contributed by atoms with Crippen LogP contribution in [0.5, 0.6) is 0 Å². The molecule has 27 heavy (non-hydrogen) atoms. The van der Waals surface area contributed by atoms with E-state index in [2.05, 4.69) is 39.7 Å². The van der Waals surface area contributed by atoms with Gasteiger partial charge in [-0.2, -0.15) is 0 Å². The lowest BCUT2D eigenvalue weighted by molar-refractivity contribution is -0.128. The zero-order chi connectivity index (χ0) is 19.6. The van der Waals surface area contributed by atoms with E-state index in [1.165, 1.54) is 0 Å². The number of nitrogens with zero attached hydrogens (tertiary/aromatic N) is 2. The monoisotopic (exact) mass is 497 g/mol. The first-order chi connectivity index (χ1) is 12.2. The first kappa shape index (κ1) is 26.4. The van der Waals surface area contributed by atoms with E-state index >= 15 is 0 Å². The van der Waals surface area contributed by atoms with Crippen LogP contribution in [-0.2, 0) is 9.53 Å². The molecule has 1 aliphatic rings. The number of halogens is 1. The molecule has 1 unspecified atom stereocenters. The van der Waals surface area contributed by atoms with Crippen molar-refractivity contribution in [1.29, 1.82) is 0 Å². The molecule has 0 spiro atoms. The number of carbonyl (C=O) groups is 1. The van der Waals surface area contributed by atoms with Gasteiger partial charge in [-0.15, -0.1) is 24.0 Å². The Labute approximate surface area is 182 Å². The van der Waals surface area contributed by atoms with Crippen LogP contribution in [0.3, 0.4) is 0 Å². The van der Waals surface area contributed by atoms with Crippen LogP contribution in [0, 0.1) is 11.3 Å². The lowest BCUT2D eigenvalue weighted by Crippen LogP contribution is -2.51. The van der Waals surface area contributed by atoms with Crippen LogP contribution in [-0.4, -0.2) is 75.8 Å². The Morgan fingerprint density at radius 2 is 1.70 bits per heavy atom. The van der Waals surface area contributed by atoms with Crippen LogP contribution < -0.4 is 16.0 Å². The number of rotatable bonds is 8. The zero-order valence-corrected chi connectivity index (χ0v) is 20.3. The van der Waals surface area contributed by atoms with Crippen LogP contribution in [0.15, 0.2) is 4.99 Å². The highest BCUT2D eigenvalue weighted by Gasteiger charge is 2.22. The average Bonchev–Trinajstić information content (AvgIpc) is 2.59. The summed E-state index contributed by atoms with van der Waals surface area (Å²) in [7, 11) is 1.77. The van der Waals surface area contributed by atoms with Crippen molar-refractivity contribution in [3.05, 3.63) is 0 Å². The van der Waals surface area contributed by atoms with Gasteiger partial charge in [0.05, 0.1) is 13.2 Å². The van der Waals surface area contributed by atoms with Crippen molar-refractivity contribution in [1.82, 2.24) is 20.9 Å². The van der Waals surface area contributed by atoms with Crippen molar-refractivity contribution >= 4 is 35.8 Å². The van der Waals surface area contributed by atoms with E-state index in [9.17, 15) is 4.79 Å². The van der Waals surface area contributed by atoms with Crippen LogP contribution in [0.2, 0.25) is 0 Å². The van der Waals surface area contributed by atoms with E-state index in [1.807, 2.05) is 20.8 Å². The number of amides is 1. The van der Waals surface area contributed by atoms with Gasteiger partial charge >= 0.3 is 0 Å². The molecule has 3 N–H and O–H groups in total. The van der Waals surface area contributed by atoms with Crippen molar-refractivity contribution in [2.24, 2.45) is 16.3 Å². The van der Waals surface area contributed by atoms with Gasteiger partial charge in [0, 0.05) is 51.2 Å². The zero-order valence-electron chi connectivity index (χ0n) is 17.9. The van der Waals surface area contributed by atoms with Crippen molar-refractivity contribution in [3.8, 4) is 0 Å². The molecule has 1 rings (SSSR count). The first-order valence-electron chi connectivity index (χ1n) is 9.78. The maximum absolute atomic E-state index is 11.9. The summed E-state index contributed by atoms with van der Waals surface area (Å²) in [6, 6.07) is 0.470. The number of aliphatic imine (C=N–C) groups is 1. The minimum Gasteiger partial charge on any atom is -0.379 e. The number of morpholine rings is 1. The molecule has 8 heteroatoms. The molecule has 1 fully saturated rings. The van der Waals surface area contributed by atoms with Crippen LogP contribution in [0.25, 0.3) is 0 Å². The van der Waals surface area contributed by atoms with E-state index < -0.39 is 0 Å². The van der Waals surface area contributed by atoms with E-state index in [0.29, 0.717) is 25.0 Å². The summed E-state index contributed by atoms with van der Waals surface area (Å²) in [5.41, 5.74) is -0.359. The normalized spacial score (nSPS) is 17.2. The second-order valence-electron chi connectivity index (χ2n) is 8.32. The van der Waals surface area contributed by atoms with Gasteiger partial charge < -0.3 is 20.7 Å². The molecular formula is C19H40IN5O2. The molecule has 0 aromatic carbocycles. The smallest absolute Gasteiger partial charge is 0.225 e. The summed E-state index contributed by atoms with van der Waals surface area (Å²) in [5, 5.41) is 9.64. The van der Waals surface area contributed by atoms with Gasteiger partial charge in [-0.1, -0.05) is 34.6 Å². The fraction of sp³-hybridized carbons (Fsp3) is 0.895. The topological polar surface area (TPSA) is 78.0 Å². The largest absolute Gasteiger partial charge is 0.379 e. The third-order valence-corrected chi connectivity index (χ3v) is 4.42. The van der Waals surface area contributed by atoms with Crippen LogP contribution in [0.4, 0.5) is 0 Å². The lowest BCUT2D eigenvalue weighted by atomic mass is 9.96. The van der Waals surface area contributed by atoms with Gasteiger partial charge in [0.25, 0.3) is 0 Å². The standard InChI is InChI=1S/C19H39N5O2.HI/c1-15(2)13-16(24-9-11-26-12-10-24)14-23-18(20-6)22-8-7-21-17(25)19(3,4)5;/h15-16H,7-14H2,1-6H3,(H,21,25)(H2,20,22,23);1H. The molecule has 160 valence electrons. The van der Waals surface area contributed by atoms with Crippen LogP contribution >= 0.6 is 24.0 Å². The van der Waals surface area contributed by atoms with Crippen molar-refractivity contribution < 1.29 is 9.53 Å². The van der Waals surface area contributed by atoms with E-state index in [4.69, 9.17) is 4.74 Å². The number of guanidine groups is 1. The van der Waals surface area contributed by atoms with E-state index in [-0.39, 0.29) is 35.3 Å². The fourth-order valence-electron chi connectivity index (χ4n) is 2.91. The minimum absolute atomic E-state index is 0. The highest BCUT2D eigenvalue weighted by molar-refractivity contribution is 14.0. The Morgan fingerprint density at radius 1 is 1.11 bits per heavy atom. The minimum atomic E-state index is -0.359. The van der Waals surface area contributed by atoms with Gasteiger partial charge in [0.15, 0.2) is 5.96 Å². The summed E-state index contributed by atoms with van der Waals surface area (Å²) in [6.45, 7) is 16.0. The Balaban J connectivity index is 0.00000676. The predicted molar refractivity (Wildman–Crippen MR) is 123 cm³/mol. The molecule has 0 radical (unpaired) electrons. The molecule has 0 aromatic heterocycles. The Morgan fingerprint density at radius 3 is 2.22 bits per heavy atom. The summed E-state index contributed by atoms with van der Waals surface area (Å²) in [6.07, 6.45) is 1.14. The first-order valence-corrected chi connectivity index (χ1v) is 9.78. The molecule has 0 aliphatic carbocycles. The molecule has 1 saturated heterocycles. The summed E-state index contributed by atoms with van der Waals surface area (Å²) < 4.78 is 5.48. The number of ether oxygens (including phenoxy) is 1. The number of hydrogen-bond donors (Lipinski definition) is 3. The second kappa shape index (κ2) is 13.5. The lowest BCUT2D eigenvalue weighted by Gasteiger charge is -2.35. The Kier molecular flexibility index (Phi) is 13.2. The Bertz CT molecular complexity index is 446. The fourth-order valence-corrected chi connectivity index (χ4v) is 2.91. The highest BCUT2D eigenvalue weighted by atomic mass is 127. The average molecular weight is 497 g/mol. The molecule has 0 aromatic rings. The maximum atomic E-state index is 11.9. The van der Waals surface area contributed by atoms with Crippen molar-refractivity contribution in [2.45, 2.75) is 47.1 Å². The molecule has 1 amide bonds. The molecular weight excluding hydrogens is 457 g/mol. The Hall–Kier alpha value is -0.610. The SMILES string of the molecule is CN=C(NCCNC(=O)C(C)(C)C)NCC(CC(C)C)N1CCOCC1.I. The van der Waals surface area contributed by atoms with Crippen LogP contribution in [0.1, 0.15) is 41.0 Å². The highest BCUT2D eigenvalue weighted by Crippen LogP contribution is 2.13. The van der Waals surface area contributed by atoms with Gasteiger partial charge in [-0.3, -0.25) is 14.7 Å². The third kappa shape index (κ3) is 11.1.